The topological polar surface area (TPSA) is 75.4 Å². The average molecular weight is 297 g/mol. The molecule has 1 fully saturated rings. The molecule has 1 aromatic carbocycles. The van der Waals surface area contributed by atoms with Crippen molar-refractivity contribution in [2.45, 2.75) is 37.2 Å². The summed E-state index contributed by atoms with van der Waals surface area (Å²) in [5, 5.41) is 0. The van der Waals surface area contributed by atoms with Gasteiger partial charge in [0.1, 0.15) is 0 Å². The number of likely N-dealkylation sites (tertiary alicyclic amines) is 1. The average Bonchev–Trinajstić information content (AvgIpc) is 2.40. The first kappa shape index (κ1) is 15.4. The fourth-order valence-corrected chi connectivity index (χ4v) is 4.08. The zero-order valence-electron chi connectivity index (χ0n) is 12.1. The maximum Gasteiger partial charge on any atom is 0.241 e. The lowest BCUT2D eigenvalue weighted by atomic mass is 10.1. The fraction of sp³-hybridized carbons (Fsp3) is 0.571. The van der Waals surface area contributed by atoms with Crippen LogP contribution in [0, 0.1) is 6.92 Å². The van der Waals surface area contributed by atoms with Gasteiger partial charge in [0.2, 0.25) is 10.0 Å². The Bertz CT molecular complexity index is 564. The van der Waals surface area contributed by atoms with Crippen LogP contribution in [-0.2, 0) is 16.6 Å². The molecule has 0 aliphatic carbocycles. The zero-order chi connectivity index (χ0) is 14.8. The van der Waals surface area contributed by atoms with Crippen LogP contribution in [0.4, 0.5) is 0 Å². The molecule has 5 nitrogen and oxygen atoms in total. The Morgan fingerprint density at radius 2 is 2.00 bits per heavy atom. The van der Waals surface area contributed by atoms with Crippen LogP contribution >= 0.6 is 0 Å². The van der Waals surface area contributed by atoms with Gasteiger partial charge in [-0.2, -0.15) is 0 Å². The molecule has 6 heteroatoms. The predicted molar refractivity (Wildman–Crippen MR) is 79.9 cm³/mol. The number of nitrogens with one attached hydrogen (secondary N) is 1. The first-order valence-corrected chi connectivity index (χ1v) is 8.41. The Balaban J connectivity index is 2.14. The van der Waals surface area contributed by atoms with Gasteiger partial charge in [-0.05, 0) is 57.1 Å². The second kappa shape index (κ2) is 6.22. The van der Waals surface area contributed by atoms with E-state index in [0.717, 1.165) is 37.1 Å². The van der Waals surface area contributed by atoms with Gasteiger partial charge in [-0.15, -0.1) is 0 Å². The van der Waals surface area contributed by atoms with Crippen LogP contribution in [0.1, 0.15) is 24.0 Å². The molecule has 112 valence electrons. The molecule has 0 bridgehead atoms. The number of hydrogen-bond acceptors (Lipinski definition) is 4. The molecule has 0 spiro atoms. The maximum atomic E-state index is 12.4. The van der Waals surface area contributed by atoms with Crippen molar-refractivity contribution in [1.29, 1.82) is 0 Å². The van der Waals surface area contributed by atoms with E-state index in [1.54, 1.807) is 12.1 Å². The van der Waals surface area contributed by atoms with Crippen molar-refractivity contribution >= 4 is 10.0 Å². The van der Waals surface area contributed by atoms with E-state index in [-0.39, 0.29) is 6.04 Å². The number of hydrogen-bond donors (Lipinski definition) is 2. The van der Waals surface area contributed by atoms with E-state index in [1.165, 1.54) is 0 Å². The molecule has 0 radical (unpaired) electrons. The Morgan fingerprint density at radius 1 is 1.35 bits per heavy atom. The van der Waals surface area contributed by atoms with Gasteiger partial charge in [0, 0.05) is 12.6 Å². The lowest BCUT2D eigenvalue weighted by Crippen LogP contribution is -2.43. The van der Waals surface area contributed by atoms with Crippen molar-refractivity contribution in [3.05, 3.63) is 29.3 Å². The molecule has 2 rings (SSSR count). The van der Waals surface area contributed by atoms with Crippen LogP contribution in [-0.4, -0.2) is 39.5 Å². The van der Waals surface area contributed by atoms with Crippen LogP contribution in [0.5, 0.6) is 0 Å². The van der Waals surface area contributed by atoms with Gasteiger partial charge in [0.15, 0.2) is 0 Å². The van der Waals surface area contributed by atoms with Crippen molar-refractivity contribution in [2.24, 2.45) is 5.73 Å². The van der Waals surface area contributed by atoms with Gasteiger partial charge in [0.25, 0.3) is 0 Å². The first-order chi connectivity index (χ1) is 9.42. The molecule has 20 heavy (non-hydrogen) atoms. The Kier molecular flexibility index (Phi) is 4.80. The van der Waals surface area contributed by atoms with Gasteiger partial charge in [-0.25, -0.2) is 13.1 Å². The van der Waals surface area contributed by atoms with E-state index in [9.17, 15) is 8.42 Å². The van der Waals surface area contributed by atoms with E-state index in [0.29, 0.717) is 11.4 Å². The van der Waals surface area contributed by atoms with E-state index >= 15 is 0 Å². The van der Waals surface area contributed by atoms with Gasteiger partial charge >= 0.3 is 0 Å². The Labute approximate surface area is 121 Å². The normalized spacial score (nSPS) is 18.4. The summed E-state index contributed by atoms with van der Waals surface area (Å²) in [6.45, 7) is 4.09. The molecule has 1 aliphatic heterocycles. The monoisotopic (exact) mass is 297 g/mol. The Hall–Kier alpha value is -0.950. The van der Waals surface area contributed by atoms with E-state index in [1.807, 2.05) is 13.0 Å². The SMILES string of the molecule is Cc1cc(CN)ccc1S(=O)(=O)NC1CCN(C)CC1. The highest BCUT2D eigenvalue weighted by molar-refractivity contribution is 7.89. The highest BCUT2D eigenvalue weighted by atomic mass is 32.2. The van der Waals surface area contributed by atoms with Crippen molar-refractivity contribution < 1.29 is 8.42 Å². The number of nitrogens with two attached hydrogens (primary N) is 1. The number of piperidine rings is 1. The third-order valence-electron chi connectivity index (χ3n) is 3.80. The number of benzene rings is 1. The van der Waals surface area contributed by atoms with Crippen LogP contribution in [0.25, 0.3) is 0 Å². The second-order valence-electron chi connectivity index (χ2n) is 5.50. The van der Waals surface area contributed by atoms with Crippen molar-refractivity contribution in [1.82, 2.24) is 9.62 Å². The van der Waals surface area contributed by atoms with Crippen LogP contribution in [0.3, 0.4) is 0 Å². The number of sulfonamides is 1. The fourth-order valence-electron chi connectivity index (χ4n) is 2.55. The Morgan fingerprint density at radius 3 is 2.55 bits per heavy atom. The lowest BCUT2D eigenvalue weighted by molar-refractivity contribution is 0.248. The van der Waals surface area contributed by atoms with Gasteiger partial charge in [-0.3, -0.25) is 0 Å². The summed E-state index contributed by atoms with van der Waals surface area (Å²) in [5.74, 6) is 0. The van der Waals surface area contributed by atoms with Gasteiger partial charge in [0.05, 0.1) is 4.90 Å². The van der Waals surface area contributed by atoms with Gasteiger partial charge < -0.3 is 10.6 Å². The summed E-state index contributed by atoms with van der Waals surface area (Å²) < 4.78 is 27.7. The summed E-state index contributed by atoms with van der Waals surface area (Å²) in [5.41, 5.74) is 7.26. The minimum Gasteiger partial charge on any atom is -0.326 e. The third kappa shape index (κ3) is 3.58. The van der Waals surface area contributed by atoms with Crippen molar-refractivity contribution in [2.75, 3.05) is 20.1 Å². The molecule has 0 saturated carbocycles. The summed E-state index contributed by atoms with van der Waals surface area (Å²) in [4.78, 5) is 2.57. The summed E-state index contributed by atoms with van der Waals surface area (Å²) in [6, 6.07) is 5.29. The van der Waals surface area contributed by atoms with Crippen molar-refractivity contribution in [3.8, 4) is 0 Å². The molecular weight excluding hydrogens is 274 g/mol. The first-order valence-electron chi connectivity index (χ1n) is 6.93. The lowest BCUT2D eigenvalue weighted by Gasteiger charge is -2.29. The molecule has 0 amide bonds. The smallest absolute Gasteiger partial charge is 0.241 e. The summed E-state index contributed by atoms with van der Waals surface area (Å²) in [6.07, 6.45) is 1.71. The van der Waals surface area contributed by atoms with E-state index in [4.69, 9.17) is 5.73 Å². The molecule has 0 unspecified atom stereocenters. The molecule has 1 aliphatic rings. The molecule has 1 heterocycles. The largest absolute Gasteiger partial charge is 0.326 e. The molecule has 1 aromatic rings. The molecule has 0 aromatic heterocycles. The number of rotatable bonds is 4. The third-order valence-corrected chi connectivity index (χ3v) is 5.49. The summed E-state index contributed by atoms with van der Waals surface area (Å²) in [7, 11) is -1.39. The van der Waals surface area contributed by atoms with Crippen LogP contribution in [0.2, 0.25) is 0 Å². The van der Waals surface area contributed by atoms with Crippen molar-refractivity contribution in [3.63, 3.8) is 0 Å². The summed E-state index contributed by atoms with van der Waals surface area (Å²) >= 11 is 0. The van der Waals surface area contributed by atoms with Gasteiger partial charge in [-0.1, -0.05) is 12.1 Å². The quantitative estimate of drug-likeness (QED) is 0.863. The highest BCUT2D eigenvalue weighted by Crippen LogP contribution is 2.19. The molecule has 3 N–H and O–H groups in total. The highest BCUT2D eigenvalue weighted by Gasteiger charge is 2.24. The minimum absolute atomic E-state index is 0.0322. The van der Waals surface area contributed by atoms with Crippen LogP contribution < -0.4 is 10.5 Å². The maximum absolute atomic E-state index is 12.4. The minimum atomic E-state index is -3.44. The van der Waals surface area contributed by atoms with E-state index in [2.05, 4.69) is 16.7 Å². The van der Waals surface area contributed by atoms with E-state index < -0.39 is 10.0 Å². The number of nitrogens with zero attached hydrogens (tertiary/aromatic N) is 1. The standard InChI is InChI=1S/C14H23N3O2S/c1-11-9-12(10-15)3-4-14(11)20(18,19)16-13-5-7-17(2)8-6-13/h3-4,9,13,16H,5-8,10,15H2,1-2H3. The molecule has 1 saturated heterocycles. The second-order valence-corrected chi connectivity index (χ2v) is 7.19. The number of aryl methyl sites for hydroxylation is 1. The zero-order valence-corrected chi connectivity index (χ0v) is 12.9. The van der Waals surface area contributed by atoms with Crippen LogP contribution in [0.15, 0.2) is 23.1 Å². The molecular formula is C14H23N3O2S. The predicted octanol–water partition coefficient (Wildman–Crippen LogP) is 0.826. The molecule has 0 atom stereocenters.